The van der Waals surface area contributed by atoms with Gasteiger partial charge in [-0.3, -0.25) is 9.52 Å². The minimum Gasteiger partial charge on any atom is -0.477 e. The molecule has 0 bridgehead atoms. The molecule has 2 aliphatic rings. The summed E-state index contributed by atoms with van der Waals surface area (Å²) in [5, 5.41) is 11.0. The third kappa shape index (κ3) is 3.91. The van der Waals surface area contributed by atoms with Crippen LogP contribution in [0, 0.1) is 0 Å². The van der Waals surface area contributed by atoms with Crippen molar-refractivity contribution >= 4 is 49.6 Å². The zero-order chi connectivity index (χ0) is 20.6. The number of ether oxygens (including phenoxy) is 1. The predicted octanol–water partition coefficient (Wildman–Crippen LogP) is 2.66. The lowest BCUT2D eigenvalue weighted by Crippen LogP contribution is -2.41. The van der Waals surface area contributed by atoms with Gasteiger partial charge in [-0.05, 0) is 42.7 Å². The normalized spacial score (nSPS) is 17.0. The van der Waals surface area contributed by atoms with Gasteiger partial charge in [-0.25, -0.2) is 13.2 Å². The quantitative estimate of drug-likeness (QED) is 0.715. The molecule has 1 fully saturated rings. The predicted molar refractivity (Wildman–Crippen MR) is 110 cm³/mol. The Balaban J connectivity index is 1.73. The van der Waals surface area contributed by atoms with Gasteiger partial charge in [0.25, 0.3) is 15.9 Å². The molecule has 0 saturated carbocycles. The number of carboxylic acid groups (broad SMARTS) is 1. The fourth-order valence-electron chi connectivity index (χ4n) is 3.63. The van der Waals surface area contributed by atoms with E-state index in [1.807, 2.05) is 0 Å². The number of aryl methyl sites for hydroxylation is 1. The highest BCUT2D eigenvalue weighted by Gasteiger charge is 2.32. The maximum absolute atomic E-state index is 13.3. The Kier molecular flexibility index (Phi) is 5.65. The molecule has 4 rings (SSSR count). The molecule has 2 aromatic heterocycles. The number of fused-ring (bicyclic) bond motifs is 1. The summed E-state index contributed by atoms with van der Waals surface area (Å²) in [4.78, 5) is 26.8. The van der Waals surface area contributed by atoms with Crippen molar-refractivity contribution in [2.75, 3.05) is 31.0 Å². The number of rotatable bonds is 5. The summed E-state index contributed by atoms with van der Waals surface area (Å²) in [6.45, 7) is 1.83. The van der Waals surface area contributed by atoms with Crippen LogP contribution in [0.4, 0.5) is 5.00 Å². The van der Waals surface area contributed by atoms with E-state index in [1.165, 1.54) is 22.8 Å². The SMILES string of the molecule is O=C(O)c1sccc1S(=O)(=O)Nc1sc2c(c1C(=O)N1CCOCC1)CCCC2. The van der Waals surface area contributed by atoms with Gasteiger partial charge in [0.15, 0.2) is 0 Å². The molecule has 0 spiro atoms. The first-order valence-corrected chi connectivity index (χ1v) is 12.4. The molecule has 1 amide bonds. The number of carboxylic acids is 1. The van der Waals surface area contributed by atoms with Crippen LogP contribution in [-0.4, -0.2) is 56.6 Å². The number of hydrogen-bond acceptors (Lipinski definition) is 7. The fraction of sp³-hybridized carbons (Fsp3) is 0.444. The van der Waals surface area contributed by atoms with Crippen molar-refractivity contribution in [3.05, 3.63) is 32.3 Å². The Bertz CT molecular complexity index is 1050. The number of carbonyl (C=O) groups is 2. The third-order valence-electron chi connectivity index (χ3n) is 5.02. The monoisotopic (exact) mass is 456 g/mol. The molecule has 2 N–H and O–H groups in total. The number of thiophene rings is 2. The molecular weight excluding hydrogens is 436 g/mol. The van der Waals surface area contributed by atoms with E-state index < -0.39 is 16.0 Å². The maximum atomic E-state index is 13.3. The van der Waals surface area contributed by atoms with E-state index in [1.54, 1.807) is 4.90 Å². The van der Waals surface area contributed by atoms with E-state index in [2.05, 4.69) is 4.72 Å². The minimum atomic E-state index is -4.14. The molecule has 0 aromatic carbocycles. The third-order valence-corrected chi connectivity index (χ3v) is 8.78. The van der Waals surface area contributed by atoms with E-state index in [-0.39, 0.29) is 20.7 Å². The molecular formula is C18H20N2O6S3. The molecule has 0 radical (unpaired) electrons. The Morgan fingerprint density at radius 1 is 1.17 bits per heavy atom. The number of sulfonamides is 1. The Morgan fingerprint density at radius 2 is 1.90 bits per heavy atom. The molecule has 1 aliphatic heterocycles. The number of nitrogens with one attached hydrogen (secondary N) is 1. The first-order valence-electron chi connectivity index (χ1n) is 9.23. The fourth-order valence-corrected chi connectivity index (χ4v) is 7.48. The van der Waals surface area contributed by atoms with Crippen LogP contribution < -0.4 is 4.72 Å². The zero-order valence-corrected chi connectivity index (χ0v) is 17.9. The number of hydrogen-bond donors (Lipinski definition) is 2. The summed E-state index contributed by atoms with van der Waals surface area (Å²) in [6.07, 6.45) is 3.49. The largest absolute Gasteiger partial charge is 0.477 e. The number of anilines is 1. The van der Waals surface area contributed by atoms with Crippen molar-refractivity contribution in [1.29, 1.82) is 0 Å². The summed E-state index contributed by atoms with van der Waals surface area (Å²) in [5.74, 6) is -1.50. The van der Waals surface area contributed by atoms with E-state index in [0.717, 1.165) is 47.5 Å². The lowest BCUT2D eigenvalue weighted by molar-refractivity contribution is 0.0303. The summed E-state index contributed by atoms with van der Waals surface area (Å²) in [6, 6.07) is 1.27. The van der Waals surface area contributed by atoms with Crippen LogP contribution in [0.5, 0.6) is 0 Å². The Morgan fingerprint density at radius 3 is 2.62 bits per heavy atom. The second-order valence-corrected chi connectivity index (χ2v) is 10.5. The molecule has 1 aliphatic carbocycles. The molecule has 0 atom stereocenters. The lowest BCUT2D eigenvalue weighted by atomic mass is 9.95. The highest BCUT2D eigenvalue weighted by molar-refractivity contribution is 7.93. The highest BCUT2D eigenvalue weighted by atomic mass is 32.2. The van der Waals surface area contributed by atoms with Gasteiger partial charge in [-0.15, -0.1) is 22.7 Å². The van der Waals surface area contributed by atoms with Crippen molar-refractivity contribution < 1.29 is 27.9 Å². The molecule has 8 nitrogen and oxygen atoms in total. The summed E-state index contributed by atoms with van der Waals surface area (Å²) in [7, 11) is -4.14. The zero-order valence-electron chi connectivity index (χ0n) is 15.5. The standard InChI is InChI=1S/C18H20N2O6S3/c21-17(20-6-8-26-9-7-20)14-11-3-1-2-4-12(11)28-16(14)19-29(24,25)13-5-10-27-15(13)18(22)23/h5,10,19H,1-4,6-9H2,(H,22,23). The first kappa shape index (κ1) is 20.3. The van der Waals surface area contributed by atoms with Crippen molar-refractivity contribution in [3.8, 4) is 0 Å². The maximum Gasteiger partial charge on any atom is 0.347 e. The number of morpholine rings is 1. The summed E-state index contributed by atoms with van der Waals surface area (Å²) >= 11 is 2.13. The van der Waals surface area contributed by atoms with E-state index in [0.29, 0.717) is 31.9 Å². The van der Waals surface area contributed by atoms with Gasteiger partial charge >= 0.3 is 5.97 Å². The van der Waals surface area contributed by atoms with Crippen molar-refractivity contribution in [2.45, 2.75) is 30.6 Å². The van der Waals surface area contributed by atoms with Crippen LogP contribution in [-0.2, 0) is 27.6 Å². The van der Waals surface area contributed by atoms with Gasteiger partial charge in [0.1, 0.15) is 14.8 Å². The Hall–Kier alpha value is -1.95. The van der Waals surface area contributed by atoms with Gasteiger partial charge in [0.2, 0.25) is 0 Å². The molecule has 2 aromatic rings. The number of aromatic carboxylic acids is 1. The molecule has 0 unspecified atom stereocenters. The van der Waals surface area contributed by atoms with E-state index in [4.69, 9.17) is 4.74 Å². The van der Waals surface area contributed by atoms with E-state index in [9.17, 15) is 23.1 Å². The highest BCUT2D eigenvalue weighted by Crippen LogP contribution is 2.40. The van der Waals surface area contributed by atoms with Crippen LogP contribution in [0.2, 0.25) is 0 Å². The van der Waals surface area contributed by atoms with Gasteiger partial charge in [-0.2, -0.15) is 0 Å². The molecule has 3 heterocycles. The van der Waals surface area contributed by atoms with Gasteiger partial charge in [-0.1, -0.05) is 0 Å². The average molecular weight is 457 g/mol. The van der Waals surface area contributed by atoms with Crippen molar-refractivity contribution in [3.63, 3.8) is 0 Å². The van der Waals surface area contributed by atoms with E-state index >= 15 is 0 Å². The lowest BCUT2D eigenvalue weighted by Gasteiger charge is -2.27. The minimum absolute atomic E-state index is 0.200. The second-order valence-electron chi connectivity index (χ2n) is 6.84. The molecule has 11 heteroatoms. The first-order chi connectivity index (χ1) is 13.9. The van der Waals surface area contributed by atoms with Crippen molar-refractivity contribution in [2.24, 2.45) is 0 Å². The number of nitrogens with zero attached hydrogens (tertiary/aromatic N) is 1. The van der Waals surface area contributed by atoms with Crippen LogP contribution in [0.1, 0.15) is 43.3 Å². The smallest absolute Gasteiger partial charge is 0.347 e. The van der Waals surface area contributed by atoms with Crippen LogP contribution in [0.3, 0.4) is 0 Å². The van der Waals surface area contributed by atoms with Crippen molar-refractivity contribution in [1.82, 2.24) is 4.90 Å². The Labute approximate surface area is 176 Å². The molecule has 156 valence electrons. The van der Waals surface area contributed by atoms with Gasteiger partial charge in [0.05, 0.1) is 18.8 Å². The van der Waals surface area contributed by atoms with Crippen LogP contribution >= 0.6 is 22.7 Å². The van der Waals surface area contributed by atoms with Gasteiger partial charge < -0.3 is 14.7 Å². The molecule has 1 saturated heterocycles. The average Bonchev–Trinajstić information content (AvgIpc) is 3.33. The van der Waals surface area contributed by atoms with Crippen LogP contribution in [0.15, 0.2) is 16.3 Å². The number of amides is 1. The summed E-state index contributed by atoms with van der Waals surface area (Å²) < 4.78 is 33.7. The number of carbonyl (C=O) groups excluding carboxylic acids is 1. The summed E-state index contributed by atoms with van der Waals surface area (Å²) in [5.41, 5.74) is 1.32. The van der Waals surface area contributed by atoms with Gasteiger partial charge in [0, 0.05) is 18.0 Å². The van der Waals surface area contributed by atoms with Crippen LogP contribution in [0.25, 0.3) is 0 Å². The second kappa shape index (κ2) is 8.05. The molecule has 29 heavy (non-hydrogen) atoms. The topological polar surface area (TPSA) is 113 Å².